The summed E-state index contributed by atoms with van der Waals surface area (Å²) in [6.07, 6.45) is 3.31. The molecule has 1 aliphatic carbocycles. The van der Waals surface area contributed by atoms with E-state index in [2.05, 4.69) is 20.6 Å². The number of fused-ring (bicyclic) bond motifs is 1. The summed E-state index contributed by atoms with van der Waals surface area (Å²) in [5.74, 6) is -2.61. The molecule has 0 atom stereocenters. The van der Waals surface area contributed by atoms with E-state index in [0.717, 1.165) is 6.07 Å². The summed E-state index contributed by atoms with van der Waals surface area (Å²) in [6, 6.07) is 5.46. The number of carbonyl (C=O) groups excluding carboxylic acids is 3. The number of aliphatic hydroxyl groups excluding tert-OH is 1. The fourth-order valence-corrected chi connectivity index (χ4v) is 4.36. The van der Waals surface area contributed by atoms with E-state index in [-0.39, 0.29) is 59.2 Å². The van der Waals surface area contributed by atoms with Crippen molar-refractivity contribution in [2.75, 3.05) is 30.8 Å². The molecule has 0 radical (unpaired) electrons. The average Bonchev–Trinajstić information content (AvgIpc) is 3.22. The van der Waals surface area contributed by atoms with E-state index in [1.165, 1.54) is 23.2 Å². The Morgan fingerprint density at radius 2 is 1.86 bits per heavy atom. The van der Waals surface area contributed by atoms with Crippen molar-refractivity contribution >= 4 is 51.9 Å². The molecule has 36 heavy (non-hydrogen) atoms. The number of hydrogen-bond acceptors (Lipinski definition) is 7. The molecule has 3 aromatic rings. The highest BCUT2D eigenvalue weighted by atomic mass is 35.5. The van der Waals surface area contributed by atoms with Crippen molar-refractivity contribution in [2.45, 2.75) is 25.7 Å². The van der Waals surface area contributed by atoms with E-state index in [1.54, 1.807) is 13.1 Å². The van der Waals surface area contributed by atoms with Crippen LogP contribution in [0.1, 0.15) is 36.2 Å². The van der Waals surface area contributed by atoms with E-state index in [4.69, 9.17) is 21.1 Å². The molecule has 12 heteroatoms. The molecule has 0 aromatic carbocycles. The second-order valence-corrected chi connectivity index (χ2v) is 9.06. The lowest BCUT2D eigenvalue weighted by molar-refractivity contribution is -0.137. The summed E-state index contributed by atoms with van der Waals surface area (Å²) >= 11 is 5.83. The third kappa shape index (κ3) is 5.63. The molecule has 1 saturated carbocycles. The highest BCUT2D eigenvalue weighted by Crippen LogP contribution is 2.34. The largest absolute Gasteiger partial charge is 0.447 e. The highest BCUT2D eigenvalue weighted by Gasteiger charge is 2.33. The molecule has 0 unspecified atom stereocenters. The molecule has 0 aliphatic heterocycles. The van der Waals surface area contributed by atoms with Crippen LogP contribution in [0.25, 0.3) is 11.1 Å². The number of pyridine rings is 2. The quantitative estimate of drug-likeness (QED) is 0.408. The van der Waals surface area contributed by atoms with Gasteiger partial charge in [0.1, 0.15) is 17.0 Å². The number of nitrogens with one attached hydrogen (secondary N) is 2. The van der Waals surface area contributed by atoms with Gasteiger partial charge >= 0.3 is 0 Å². The molecule has 0 bridgehead atoms. The van der Waals surface area contributed by atoms with E-state index >= 15 is 0 Å². The minimum Gasteiger partial charge on any atom is -0.447 e. The van der Waals surface area contributed by atoms with Crippen LogP contribution in [-0.2, 0) is 9.59 Å². The summed E-state index contributed by atoms with van der Waals surface area (Å²) in [5.41, 5.74) is 0.0936. The molecule has 0 saturated heterocycles. The first-order valence-corrected chi connectivity index (χ1v) is 11.8. The molecule has 4 rings (SSSR count). The Morgan fingerprint density at radius 3 is 2.53 bits per heavy atom. The third-order valence-electron chi connectivity index (χ3n) is 6.18. The number of anilines is 2. The topological polar surface area (TPSA) is 138 Å². The second kappa shape index (κ2) is 11.0. The van der Waals surface area contributed by atoms with Crippen LogP contribution in [-0.4, -0.2) is 57.9 Å². The zero-order chi connectivity index (χ0) is 25.8. The van der Waals surface area contributed by atoms with Gasteiger partial charge in [-0.05, 0) is 49.9 Å². The monoisotopic (exact) mass is 517 g/mol. The maximum absolute atomic E-state index is 13.9. The van der Waals surface area contributed by atoms with Gasteiger partial charge in [0, 0.05) is 31.6 Å². The lowest BCUT2D eigenvalue weighted by Gasteiger charge is -2.29. The average molecular weight is 518 g/mol. The van der Waals surface area contributed by atoms with Gasteiger partial charge in [-0.15, -0.1) is 0 Å². The van der Waals surface area contributed by atoms with Gasteiger partial charge in [-0.2, -0.15) is 4.39 Å². The van der Waals surface area contributed by atoms with E-state index in [9.17, 15) is 18.8 Å². The zero-order valence-corrected chi connectivity index (χ0v) is 20.2. The minimum absolute atomic E-state index is 0.00653. The molecule has 3 heterocycles. The van der Waals surface area contributed by atoms with Crippen LogP contribution in [0.5, 0.6) is 0 Å². The van der Waals surface area contributed by atoms with Gasteiger partial charge in [0.2, 0.25) is 23.5 Å². The third-order valence-corrected chi connectivity index (χ3v) is 6.41. The van der Waals surface area contributed by atoms with Crippen LogP contribution in [0, 0.1) is 17.8 Å². The van der Waals surface area contributed by atoms with Crippen LogP contribution >= 0.6 is 11.6 Å². The molecular formula is C24H25ClFN5O5. The van der Waals surface area contributed by atoms with Crippen LogP contribution in [0.4, 0.5) is 15.9 Å². The first-order chi connectivity index (χ1) is 17.3. The number of hydrogen-bond donors (Lipinski definition) is 3. The number of nitrogens with zero attached hydrogens (tertiary/aromatic N) is 3. The summed E-state index contributed by atoms with van der Waals surface area (Å²) in [5, 5.41) is 14.7. The van der Waals surface area contributed by atoms with E-state index in [0.29, 0.717) is 30.7 Å². The molecule has 190 valence electrons. The first kappa shape index (κ1) is 25.5. The summed E-state index contributed by atoms with van der Waals surface area (Å²) in [7, 11) is 1.64. The van der Waals surface area contributed by atoms with Gasteiger partial charge in [-0.3, -0.25) is 14.4 Å². The number of rotatable bonds is 7. The summed E-state index contributed by atoms with van der Waals surface area (Å²) in [6.45, 7) is 0.143. The van der Waals surface area contributed by atoms with Crippen molar-refractivity contribution in [3.63, 3.8) is 0 Å². The van der Waals surface area contributed by atoms with Gasteiger partial charge in [0.05, 0.1) is 11.6 Å². The van der Waals surface area contributed by atoms with Crippen LogP contribution < -0.4 is 10.6 Å². The number of likely N-dealkylation sites (N-methyl/N-ethyl adjacent to an activating group) is 1. The van der Waals surface area contributed by atoms with E-state index < -0.39 is 17.8 Å². The Morgan fingerprint density at radius 1 is 1.14 bits per heavy atom. The second-order valence-electron chi connectivity index (χ2n) is 8.62. The van der Waals surface area contributed by atoms with Crippen molar-refractivity contribution in [1.29, 1.82) is 0 Å². The Labute approximate surface area is 210 Å². The molecule has 3 aromatic heterocycles. The smallest absolute Gasteiger partial charge is 0.294 e. The molecule has 1 aliphatic rings. The van der Waals surface area contributed by atoms with Crippen LogP contribution in [0.3, 0.4) is 0 Å². The highest BCUT2D eigenvalue weighted by molar-refractivity contribution is 6.30. The van der Waals surface area contributed by atoms with Gasteiger partial charge in [0.15, 0.2) is 5.58 Å². The molecule has 3 amide bonds. The number of aliphatic hydroxyl groups is 1. The molecule has 0 spiro atoms. The predicted octanol–water partition coefficient (Wildman–Crippen LogP) is 3.46. The Bertz CT molecular complexity index is 1270. The van der Waals surface area contributed by atoms with E-state index in [1.807, 2.05) is 0 Å². The van der Waals surface area contributed by atoms with Crippen molar-refractivity contribution in [2.24, 2.45) is 11.8 Å². The number of carbonyl (C=O) groups is 3. The molecule has 3 N–H and O–H groups in total. The number of amides is 3. The van der Waals surface area contributed by atoms with Gasteiger partial charge in [-0.25, -0.2) is 9.97 Å². The minimum atomic E-state index is -0.795. The number of furan rings is 1. The normalized spacial score (nSPS) is 17.6. The van der Waals surface area contributed by atoms with Gasteiger partial charge in [-0.1, -0.05) is 11.6 Å². The van der Waals surface area contributed by atoms with Crippen molar-refractivity contribution < 1.29 is 28.3 Å². The maximum Gasteiger partial charge on any atom is 0.294 e. The zero-order valence-electron chi connectivity index (χ0n) is 19.5. The van der Waals surface area contributed by atoms with Gasteiger partial charge in [0.25, 0.3) is 5.91 Å². The SMILES string of the molecule is CN(CCO)C(=O)[C@H]1CC[C@H](C(=O)Nc2c(C(=O)Nc3ccc(Cl)cn3)oc3ccc(F)nc23)CC1. The lowest BCUT2D eigenvalue weighted by atomic mass is 9.81. The summed E-state index contributed by atoms with van der Waals surface area (Å²) < 4.78 is 19.5. The fourth-order valence-electron chi connectivity index (χ4n) is 4.25. The molecule has 1 fully saturated rings. The van der Waals surface area contributed by atoms with Crippen LogP contribution in [0.15, 0.2) is 34.9 Å². The fraction of sp³-hybridized carbons (Fsp3) is 0.375. The number of aromatic nitrogens is 2. The number of halogens is 2. The molecule has 10 nitrogen and oxygen atoms in total. The Hall–Kier alpha value is -3.57. The Balaban J connectivity index is 1.51. The lowest BCUT2D eigenvalue weighted by Crippen LogP contribution is -2.38. The van der Waals surface area contributed by atoms with Crippen molar-refractivity contribution in [3.05, 3.63) is 47.2 Å². The first-order valence-electron chi connectivity index (χ1n) is 11.5. The standard InChI is InChI=1S/C24H25ClFN5O5/c1-31(10-11-32)24(35)14-4-2-13(3-5-14)22(33)30-20-19-16(7-8-17(26)28-19)36-21(20)23(34)29-18-9-6-15(25)12-27-18/h6-9,12-14,32H,2-5,10-11H2,1H3,(H,30,33)(H,27,29,34)/t13-,14-. The van der Waals surface area contributed by atoms with Crippen molar-refractivity contribution in [1.82, 2.24) is 14.9 Å². The van der Waals surface area contributed by atoms with Gasteiger partial charge < -0.3 is 25.1 Å². The molecular weight excluding hydrogens is 493 g/mol. The Kier molecular flexibility index (Phi) is 7.80. The predicted molar refractivity (Wildman–Crippen MR) is 130 cm³/mol. The van der Waals surface area contributed by atoms with Crippen molar-refractivity contribution in [3.8, 4) is 0 Å². The van der Waals surface area contributed by atoms with Crippen LogP contribution in [0.2, 0.25) is 5.02 Å². The summed E-state index contributed by atoms with van der Waals surface area (Å²) in [4.78, 5) is 47.9. The maximum atomic E-state index is 13.9.